The van der Waals surface area contributed by atoms with E-state index in [1.807, 2.05) is 13.1 Å². The number of ether oxygens (including phenoxy) is 1. The Bertz CT molecular complexity index is 956. The minimum Gasteiger partial charge on any atom is -0.489 e. The first kappa shape index (κ1) is 23.5. The molecule has 0 aromatic heterocycles. The van der Waals surface area contributed by atoms with Gasteiger partial charge < -0.3 is 10.1 Å². The van der Waals surface area contributed by atoms with Gasteiger partial charge in [-0.3, -0.25) is 0 Å². The van der Waals surface area contributed by atoms with Crippen molar-refractivity contribution in [1.29, 1.82) is 0 Å². The second-order valence-corrected chi connectivity index (χ2v) is 10.0. The Morgan fingerprint density at radius 1 is 0.935 bits per heavy atom. The van der Waals surface area contributed by atoms with Crippen LogP contribution in [0.25, 0.3) is 0 Å². The van der Waals surface area contributed by atoms with Crippen LogP contribution < -0.4 is 15.4 Å². The Labute approximate surface area is 190 Å². The Kier molecular flexibility index (Phi) is 8.69. The summed E-state index contributed by atoms with van der Waals surface area (Å²) in [5.74, 6) is 1.03. The van der Waals surface area contributed by atoms with Gasteiger partial charge in [-0.05, 0) is 49.3 Å². The number of rotatable bonds is 11. The van der Waals surface area contributed by atoms with Crippen molar-refractivity contribution >= 4 is 13.9 Å². The summed E-state index contributed by atoms with van der Waals surface area (Å²) >= 11 is 0. The second-order valence-electron chi connectivity index (χ2n) is 8.27. The summed E-state index contributed by atoms with van der Waals surface area (Å²) in [6.45, 7) is 8.33. The standard InChI is InChI=1S/C28H36NOP/c1-5-18-28(6-2,31-27-15-11-10-14-24(27)20-29-4)25-19-22(3)16-17-26(25)30-21-23-12-8-7-9-13-23/h7-17,19,29,31H,5-6,18,20-21H2,1-4H3. The second kappa shape index (κ2) is 11.5. The topological polar surface area (TPSA) is 21.3 Å². The van der Waals surface area contributed by atoms with E-state index in [-0.39, 0.29) is 5.16 Å². The lowest BCUT2D eigenvalue weighted by Crippen LogP contribution is -2.25. The molecule has 0 aliphatic heterocycles. The van der Waals surface area contributed by atoms with Crippen molar-refractivity contribution in [3.05, 3.63) is 95.1 Å². The first-order chi connectivity index (χ1) is 15.1. The molecule has 0 aliphatic carbocycles. The third-order valence-corrected chi connectivity index (χ3v) is 8.04. The molecule has 2 nitrogen and oxygen atoms in total. The Balaban J connectivity index is 2.00. The number of hydrogen-bond acceptors (Lipinski definition) is 2. The Morgan fingerprint density at radius 2 is 1.68 bits per heavy atom. The van der Waals surface area contributed by atoms with E-state index in [2.05, 4.69) is 92.8 Å². The molecule has 3 rings (SSSR count). The van der Waals surface area contributed by atoms with E-state index >= 15 is 0 Å². The van der Waals surface area contributed by atoms with Crippen LogP contribution in [0.5, 0.6) is 5.75 Å². The molecule has 0 heterocycles. The van der Waals surface area contributed by atoms with Gasteiger partial charge in [0.2, 0.25) is 0 Å². The summed E-state index contributed by atoms with van der Waals surface area (Å²) in [6, 6.07) is 26.1. The molecular weight excluding hydrogens is 397 g/mol. The smallest absolute Gasteiger partial charge is 0.123 e. The molecule has 164 valence electrons. The van der Waals surface area contributed by atoms with Crippen molar-refractivity contribution in [3.8, 4) is 5.75 Å². The summed E-state index contributed by atoms with van der Waals surface area (Å²) < 4.78 is 6.44. The van der Waals surface area contributed by atoms with Crippen LogP contribution in [-0.2, 0) is 18.3 Å². The highest BCUT2D eigenvalue weighted by Crippen LogP contribution is 2.51. The van der Waals surface area contributed by atoms with Crippen molar-refractivity contribution in [1.82, 2.24) is 5.32 Å². The lowest BCUT2D eigenvalue weighted by atomic mass is 9.89. The van der Waals surface area contributed by atoms with Crippen molar-refractivity contribution in [3.63, 3.8) is 0 Å². The van der Waals surface area contributed by atoms with Gasteiger partial charge in [0, 0.05) is 17.3 Å². The molecule has 0 radical (unpaired) electrons. The van der Waals surface area contributed by atoms with E-state index in [4.69, 9.17) is 4.74 Å². The molecule has 0 saturated carbocycles. The van der Waals surface area contributed by atoms with E-state index in [0.717, 1.165) is 31.6 Å². The van der Waals surface area contributed by atoms with E-state index in [1.165, 1.54) is 27.6 Å². The van der Waals surface area contributed by atoms with E-state index < -0.39 is 0 Å². The fourth-order valence-corrected chi connectivity index (χ4v) is 6.18. The van der Waals surface area contributed by atoms with Crippen LogP contribution in [-0.4, -0.2) is 7.05 Å². The molecule has 2 atom stereocenters. The first-order valence-corrected chi connectivity index (χ1v) is 12.4. The van der Waals surface area contributed by atoms with Gasteiger partial charge in [0.15, 0.2) is 0 Å². The normalized spacial score (nSPS) is 13.4. The van der Waals surface area contributed by atoms with Gasteiger partial charge in [0.05, 0.1) is 0 Å². The fraction of sp³-hybridized carbons (Fsp3) is 0.357. The molecule has 2 unspecified atom stereocenters. The van der Waals surface area contributed by atoms with Crippen molar-refractivity contribution in [2.75, 3.05) is 7.05 Å². The van der Waals surface area contributed by atoms with Gasteiger partial charge in [-0.25, -0.2) is 0 Å². The van der Waals surface area contributed by atoms with Crippen LogP contribution in [0.3, 0.4) is 0 Å². The highest BCUT2D eigenvalue weighted by molar-refractivity contribution is 7.48. The van der Waals surface area contributed by atoms with E-state index in [1.54, 1.807) is 0 Å². The first-order valence-electron chi connectivity index (χ1n) is 11.4. The maximum Gasteiger partial charge on any atom is 0.123 e. The van der Waals surface area contributed by atoms with Gasteiger partial charge in [-0.1, -0.05) is 101 Å². The van der Waals surface area contributed by atoms with E-state index in [9.17, 15) is 0 Å². The SMILES string of the molecule is CCCC(CC)(Pc1ccccc1CNC)c1cc(C)ccc1OCc1ccccc1. The van der Waals surface area contributed by atoms with E-state index in [0.29, 0.717) is 15.2 Å². The van der Waals surface area contributed by atoms with Crippen molar-refractivity contribution in [2.45, 2.75) is 58.3 Å². The minimum absolute atomic E-state index is 0.0800. The maximum atomic E-state index is 6.44. The predicted octanol–water partition coefficient (Wildman–Crippen LogP) is 6.70. The highest BCUT2D eigenvalue weighted by Gasteiger charge is 2.33. The number of benzene rings is 3. The zero-order valence-corrected chi connectivity index (χ0v) is 20.4. The summed E-state index contributed by atoms with van der Waals surface area (Å²) in [5, 5.41) is 4.88. The van der Waals surface area contributed by atoms with Gasteiger partial charge >= 0.3 is 0 Å². The van der Waals surface area contributed by atoms with Crippen LogP contribution in [0.1, 0.15) is 55.4 Å². The Morgan fingerprint density at radius 3 is 2.39 bits per heavy atom. The zero-order valence-electron chi connectivity index (χ0n) is 19.4. The average molecular weight is 434 g/mol. The monoisotopic (exact) mass is 433 g/mol. The number of nitrogens with one attached hydrogen (secondary N) is 1. The van der Waals surface area contributed by atoms with Crippen molar-refractivity contribution < 1.29 is 4.74 Å². The molecule has 0 amide bonds. The van der Waals surface area contributed by atoms with Gasteiger partial charge in [0.1, 0.15) is 12.4 Å². The zero-order chi connectivity index (χ0) is 22.1. The van der Waals surface area contributed by atoms with Gasteiger partial charge in [-0.15, -0.1) is 0 Å². The van der Waals surface area contributed by atoms with Crippen LogP contribution in [0.15, 0.2) is 72.8 Å². The molecule has 0 saturated heterocycles. The molecule has 0 bridgehead atoms. The minimum atomic E-state index is 0.0800. The Hall–Kier alpha value is -2.15. The highest BCUT2D eigenvalue weighted by atomic mass is 31.1. The van der Waals surface area contributed by atoms with Crippen molar-refractivity contribution in [2.24, 2.45) is 0 Å². The maximum absolute atomic E-state index is 6.44. The third kappa shape index (κ3) is 5.97. The molecule has 31 heavy (non-hydrogen) atoms. The lowest BCUT2D eigenvalue weighted by molar-refractivity contribution is 0.298. The average Bonchev–Trinajstić information content (AvgIpc) is 2.80. The van der Waals surface area contributed by atoms with Gasteiger partial charge in [0.25, 0.3) is 0 Å². The number of hydrogen-bond donors (Lipinski definition) is 1. The van der Waals surface area contributed by atoms with Crippen LogP contribution in [0, 0.1) is 6.92 Å². The molecular formula is C28H36NOP. The molecule has 1 N–H and O–H groups in total. The van der Waals surface area contributed by atoms with Gasteiger partial charge in [-0.2, -0.15) is 0 Å². The molecule has 3 aromatic rings. The molecule has 3 aromatic carbocycles. The predicted molar refractivity (Wildman–Crippen MR) is 136 cm³/mol. The molecule has 3 heteroatoms. The molecule has 0 fully saturated rings. The number of aryl methyl sites for hydroxylation is 1. The molecule has 0 spiro atoms. The van der Waals surface area contributed by atoms with Crippen LogP contribution >= 0.6 is 8.58 Å². The summed E-state index contributed by atoms with van der Waals surface area (Å²) in [5.41, 5.74) is 5.26. The largest absolute Gasteiger partial charge is 0.489 e. The quantitative estimate of drug-likeness (QED) is 0.340. The summed E-state index contributed by atoms with van der Waals surface area (Å²) in [6.07, 6.45) is 3.40. The third-order valence-electron chi connectivity index (χ3n) is 5.93. The van der Waals surface area contributed by atoms with Crippen LogP contribution in [0.2, 0.25) is 0 Å². The summed E-state index contributed by atoms with van der Waals surface area (Å²) in [4.78, 5) is 0. The molecule has 0 aliphatic rings. The summed E-state index contributed by atoms with van der Waals surface area (Å²) in [7, 11) is 2.73. The fourth-order valence-electron chi connectivity index (χ4n) is 4.27. The van der Waals surface area contributed by atoms with Crippen LogP contribution in [0.4, 0.5) is 0 Å². The lowest BCUT2D eigenvalue weighted by Gasteiger charge is -2.36.